The van der Waals surface area contributed by atoms with Crippen molar-refractivity contribution in [3.63, 3.8) is 0 Å². The third-order valence-corrected chi connectivity index (χ3v) is 7.47. The molecule has 2 aromatic rings. The Morgan fingerprint density at radius 3 is 2.61 bits per heavy atom. The molecule has 11 heteroatoms. The van der Waals surface area contributed by atoms with Gasteiger partial charge < -0.3 is 20.4 Å². The average molecular weight is 555 g/mol. The summed E-state index contributed by atoms with van der Waals surface area (Å²) in [7, 11) is 0. The van der Waals surface area contributed by atoms with Crippen LogP contribution in [0.3, 0.4) is 0 Å². The molecule has 1 saturated heterocycles. The zero-order valence-electron chi connectivity index (χ0n) is 16.2. The Labute approximate surface area is 186 Å². The first kappa shape index (κ1) is 24.1. The van der Waals surface area contributed by atoms with Gasteiger partial charge in [-0.3, -0.25) is 0 Å². The quantitative estimate of drug-likeness (QED) is 0.299. The summed E-state index contributed by atoms with van der Waals surface area (Å²) in [6.45, 7) is -0.674. The molecule has 0 bridgehead atoms. The van der Waals surface area contributed by atoms with Crippen LogP contribution in [0.15, 0.2) is 34.4 Å². The zero-order valence-corrected chi connectivity index (χ0v) is 18.6. The van der Waals surface area contributed by atoms with Crippen LogP contribution >= 0.6 is 0 Å². The van der Waals surface area contributed by atoms with Crippen molar-refractivity contribution in [3.8, 4) is 5.75 Å². The van der Waals surface area contributed by atoms with Gasteiger partial charge in [0.1, 0.15) is 18.3 Å². The van der Waals surface area contributed by atoms with Crippen LogP contribution < -0.4 is 10.1 Å². The van der Waals surface area contributed by atoms with Gasteiger partial charge in [0.25, 0.3) is 0 Å². The van der Waals surface area contributed by atoms with E-state index in [0.29, 0.717) is 6.42 Å². The normalized spacial score (nSPS) is 26.1. The number of aryl methyl sites for hydroxylation is 1. The van der Waals surface area contributed by atoms with Gasteiger partial charge in [-0.2, -0.15) is 0 Å². The molecule has 1 aliphatic heterocycles. The summed E-state index contributed by atoms with van der Waals surface area (Å²) in [5, 5.41) is 41.5. The Hall–Kier alpha value is -1.58. The number of alkyl halides is 2. The number of nitrogens with one attached hydrogen (secondary N) is 1. The molecule has 2 heterocycles. The van der Waals surface area contributed by atoms with Crippen LogP contribution in [0.25, 0.3) is 0 Å². The Balaban J connectivity index is 1.69. The number of benzene rings is 1. The minimum atomic E-state index is -2.96. The molecule has 0 spiro atoms. The van der Waals surface area contributed by atoms with Crippen LogP contribution in [0.4, 0.5) is 14.5 Å². The molecule has 0 saturated carbocycles. The maximum absolute atomic E-state index is 13.6. The third-order valence-electron chi connectivity index (χ3n) is 4.80. The van der Waals surface area contributed by atoms with E-state index in [0.717, 1.165) is 6.07 Å². The molecule has 1 amide bonds. The molecule has 1 aromatic carbocycles. The van der Waals surface area contributed by atoms with E-state index < -0.39 is 49.3 Å². The number of anilines is 1. The number of aliphatic hydroxyl groups excluding tert-OH is 4. The van der Waals surface area contributed by atoms with Crippen LogP contribution in [0.5, 0.6) is 5.75 Å². The zero-order chi connectivity index (χ0) is 22.5. The first-order valence-electron chi connectivity index (χ1n) is 9.51. The summed E-state index contributed by atoms with van der Waals surface area (Å²) in [5.74, 6) is -0.631. The number of aliphatic hydroxyl groups is 4. The second-order valence-electron chi connectivity index (χ2n) is 7.00. The number of amides is 1. The van der Waals surface area contributed by atoms with Crippen LogP contribution in [0.1, 0.15) is 22.0 Å². The fraction of sp³-hybridized carbons (Fsp3) is 0.450. The van der Waals surface area contributed by atoms with E-state index in [-0.39, 0.29) is 44.2 Å². The van der Waals surface area contributed by atoms with Crippen molar-refractivity contribution in [2.24, 2.45) is 0 Å². The molecule has 0 radical (unpaired) electrons. The maximum atomic E-state index is 13.6. The Morgan fingerprint density at radius 2 is 1.97 bits per heavy atom. The molecule has 5 atom stereocenters. The fourth-order valence-electron chi connectivity index (χ4n) is 3.11. The van der Waals surface area contributed by atoms with Gasteiger partial charge in [-0.25, -0.2) is 0 Å². The molecule has 1 aliphatic rings. The number of hydrogen-bond donors (Lipinski definition) is 5. The van der Waals surface area contributed by atoms with Gasteiger partial charge >= 0.3 is 141 Å². The number of rotatable bonds is 8. The van der Waals surface area contributed by atoms with Gasteiger partial charge in [0, 0.05) is 0 Å². The van der Waals surface area contributed by atoms with Crippen molar-refractivity contribution in [2.75, 3.05) is 11.9 Å². The van der Waals surface area contributed by atoms with Gasteiger partial charge in [-0.15, -0.1) is 0 Å². The molecule has 1 fully saturated rings. The number of carbonyl (C=O) groups excluding carboxylic acids is 1. The van der Waals surface area contributed by atoms with Gasteiger partial charge in [0.05, 0.1) is 6.61 Å². The van der Waals surface area contributed by atoms with Crippen molar-refractivity contribution in [2.45, 2.75) is 50.0 Å². The predicted octanol–water partition coefficient (Wildman–Crippen LogP) is 0.431. The van der Waals surface area contributed by atoms with Crippen LogP contribution in [0.2, 0.25) is 0 Å². The second kappa shape index (κ2) is 10.8. The average Bonchev–Trinajstić information content (AvgIpc) is 3.27. The Kier molecular flexibility index (Phi) is 8.41. The van der Waals surface area contributed by atoms with Gasteiger partial charge in [-0.05, 0) is 0 Å². The number of hydrogen-bond acceptors (Lipinski definition) is 7. The summed E-state index contributed by atoms with van der Waals surface area (Å²) in [5.41, 5.74) is -0.388. The SMILES string of the molecule is O=C(CCc1ccc[te]1)Nc1ccc(O[C@@H]2O[C@H](CO)[C@H](O)[C@H](O)[C@H]2O)c(C(F)F)c1. The second-order valence-corrected chi connectivity index (χ2v) is 9.94. The number of ether oxygens (including phenoxy) is 2. The molecule has 5 N–H and O–H groups in total. The van der Waals surface area contributed by atoms with Crippen LogP contribution in [-0.2, 0) is 16.0 Å². The van der Waals surface area contributed by atoms with Crippen molar-refractivity contribution >= 4 is 32.0 Å². The van der Waals surface area contributed by atoms with E-state index in [1.807, 2.05) is 12.1 Å². The topological polar surface area (TPSA) is 128 Å². The molecule has 0 unspecified atom stereocenters. The summed E-state index contributed by atoms with van der Waals surface area (Å²) < 4.78 is 41.1. The van der Waals surface area contributed by atoms with Crippen molar-refractivity contribution in [1.82, 2.24) is 0 Å². The van der Waals surface area contributed by atoms with E-state index in [2.05, 4.69) is 9.40 Å². The summed E-state index contributed by atoms with van der Waals surface area (Å²) in [6, 6.07) is 7.59. The first-order chi connectivity index (χ1) is 14.8. The van der Waals surface area contributed by atoms with Gasteiger partial charge in [-0.1, -0.05) is 0 Å². The van der Waals surface area contributed by atoms with E-state index in [1.165, 1.54) is 15.7 Å². The standard InChI is InChI=1S/C20H23F2NO7Te/c21-19(22)12-8-10(23-15(25)6-4-11-2-1-7-31-11)3-5-13(12)29-20-18(28)17(27)16(26)14(9-24)30-20/h1-3,5,7-8,14,16-20,24,26-28H,4,6,9H2,(H,23,25)/t14-,16+,17+,18-,20-/m1/s1. The summed E-state index contributed by atoms with van der Waals surface area (Å²) in [6.07, 6.45) is -9.94. The molecular weight excluding hydrogens is 532 g/mol. The van der Waals surface area contributed by atoms with E-state index in [9.17, 15) is 34.0 Å². The molecule has 8 nitrogen and oxygen atoms in total. The van der Waals surface area contributed by atoms with Gasteiger partial charge in [0.2, 0.25) is 0 Å². The predicted molar refractivity (Wildman–Crippen MR) is 106 cm³/mol. The molecular formula is C20H23F2NO7Te. The van der Waals surface area contributed by atoms with Crippen molar-refractivity contribution < 1.29 is 43.5 Å². The van der Waals surface area contributed by atoms with Crippen molar-refractivity contribution in [3.05, 3.63) is 43.6 Å². The summed E-state index contributed by atoms with van der Waals surface area (Å²) >= 11 is -0.329. The molecule has 1 aromatic heterocycles. The third kappa shape index (κ3) is 6.02. The molecule has 3 rings (SSSR count). The van der Waals surface area contributed by atoms with Crippen LogP contribution in [0, 0.1) is 0 Å². The first-order valence-corrected chi connectivity index (χ1v) is 12.0. The van der Waals surface area contributed by atoms with Gasteiger partial charge in [0.15, 0.2) is 0 Å². The monoisotopic (exact) mass is 557 g/mol. The summed E-state index contributed by atoms with van der Waals surface area (Å²) in [4.78, 5) is 12.1. The molecule has 170 valence electrons. The molecule has 31 heavy (non-hydrogen) atoms. The van der Waals surface area contributed by atoms with E-state index in [1.54, 1.807) is 0 Å². The molecule has 0 aliphatic carbocycles. The Morgan fingerprint density at radius 1 is 1.19 bits per heavy atom. The minimum absolute atomic E-state index is 0.163. The van der Waals surface area contributed by atoms with E-state index >= 15 is 0 Å². The van der Waals surface area contributed by atoms with Crippen molar-refractivity contribution in [1.29, 1.82) is 0 Å². The van der Waals surface area contributed by atoms with E-state index in [4.69, 9.17) is 9.47 Å². The van der Waals surface area contributed by atoms with Crippen LogP contribution in [-0.4, -0.2) is 84.1 Å². The number of carbonyl (C=O) groups is 1. The Bertz CT molecular complexity index is 865. The fourth-order valence-corrected chi connectivity index (χ4v) is 5.13. The number of halogens is 2.